The first kappa shape index (κ1) is 14.1. The Morgan fingerprint density at radius 2 is 1.62 bits per heavy atom. The van der Waals surface area contributed by atoms with Gasteiger partial charge in [-0.3, -0.25) is 0 Å². The zero-order chi connectivity index (χ0) is 15.0. The molecule has 21 heavy (non-hydrogen) atoms. The number of fused-ring (bicyclic) bond motifs is 1. The molecular weight excluding hydrogens is 258 g/mol. The predicted octanol–water partition coefficient (Wildman–Crippen LogP) is 3.99. The van der Waals surface area contributed by atoms with Crippen molar-refractivity contribution in [1.29, 1.82) is 0 Å². The first-order chi connectivity index (χ1) is 10.1. The van der Waals surface area contributed by atoms with Crippen molar-refractivity contribution >= 4 is 5.82 Å². The van der Waals surface area contributed by atoms with Crippen LogP contribution in [0, 0.1) is 20.8 Å². The van der Waals surface area contributed by atoms with E-state index in [1.807, 2.05) is 7.05 Å². The van der Waals surface area contributed by atoms with Crippen molar-refractivity contribution in [2.24, 2.45) is 0 Å². The van der Waals surface area contributed by atoms with E-state index in [0.717, 1.165) is 30.0 Å². The fourth-order valence-electron chi connectivity index (χ4n) is 3.12. The topological polar surface area (TPSA) is 37.8 Å². The molecule has 0 saturated heterocycles. The largest absolute Gasteiger partial charge is 0.373 e. The molecule has 1 aromatic heterocycles. The highest BCUT2D eigenvalue weighted by molar-refractivity contribution is 5.65. The molecule has 3 rings (SSSR count). The molecule has 1 heterocycles. The lowest BCUT2D eigenvalue weighted by Crippen LogP contribution is -2.12. The maximum absolute atomic E-state index is 4.87. The second-order valence-corrected chi connectivity index (χ2v) is 6.03. The lowest BCUT2D eigenvalue weighted by atomic mass is 9.95. The van der Waals surface area contributed by atoms with Crippen LogP contribution in [-0.2, 0) is 12.8 Å². The molecule has 2 aromatic rings. The monoisotopic (exact) mass is 281 g/mol. The van der Waals surface area contributed by atoms with Gasteiger partial charge in [0.15, 0.2) is 5.82 Å². The van der Waals surface area contributed by atoms with Gasteiger partial charge in [-0.15, -0.1) is 0 Å². The quantitative estimate of drug-likeness (QED) is 0.904. The van der Waals surface area contributed by atoms with Crippen molar-refractivity contribution in [3.63, 3.8) is 0 Å². The molecule has 0 aliphatic heterocycles. The Kier molecular flexibility index (Phi) is 3.66. The Morgan fingerprint density at radius 1 is 0.905 bits per heavy atom. The molecule has 1 aromatic carbocycles. The molecule has 3 nitrogen and oxygen atoms in total. The van der Waals surface area contributed by atoms with Crippen LogP contribution in [0.3, 0.4) is 0 Å². The number of aromatic nitrogens is 2. The molecule has 1 N–H and O–H groups in total. The summed E-state index contributed by atoms with van der Waals surface area (Å²) in [5.41, 5.74) is 7.56. The summed E-state index contributed by atoms with van der Waals surface area (Å²) in [6, 6.07) is 4.45. The predicted molar refractivity (Wildman–Crippen MR) is 87.9 cm³/mol. The SMILES string of the molecule is CNc1nc(-c2cc(C)c(C)cc2C)nc2c1CCCC2. The summed E-state index contributed by atoms with van der Waals surface area (Å²) < 4.78 is 0. The van der Waals surface area contributed by atoms with Gasteiger partial charge in [0.1, 0.15) is 5.82 Å². The second-order valence-electron chi connectivity index (χ2n) is 6.03. The van der Waals surface area contributed by atoms with Crippen molar-refractivity contribution < 1.29 is 0 Å². The van der Waals surface area contributed by atoms with Gasteiger partial charge in [0.05, 0.1) is 0 Å². The average molecular weight is 281 g/mol. The highest BCUT2D eigenvalue weighted by atomic mass is 15.0. The zero-order valence-electron chi connectivity index (χ0n) is 13.4. The van der Waals surface area contributed by atoms with Gasteiger partial charge in [-0.1, -0.05) is 6.07 Å². The molecule has 0 fully saturated rings. The molecule has 0 spiro atoms. The van der Waals surface area contributed by atoms with E-state index in [1.165, 1.54) is 40.8 Å². The Balaban J connectivity index is 2.17. The molecule has 0 amide bonds. The van der Waals surface area contributed by atoms with Crippen LogP contribution >= 0.6 is 0 Å². The number of aryl methyl sites for hydroxylation is 4. The van der Waals surface area contributed by atoms with Gasteiger partial charge < -0.3 is 5.32 Å². The first-order valence-corrected chi connectivity index (χ1v) is 7.76. The van der Waals surface area contributed by atoms with Crippen LogP contribution in [0.4, 0.5) is 5.82 Å². The first-order valence-electron chi connectivity index (χ1n) is 7.76. The minimum Gasteiger partial charge on any atom is -0.373 e. The molecular formula is C18H23N3. The molecule has 0 unspecified atom stereocenters. The summed E-state index contributed by atoms with van der Waals surface area (Å²) in [7, 11) is 1.95. The zero-order valence-corrected chi connectivity index (χ0v) is 13.4. The molecule has 0 atom stereocenters. The van der Waals surface area contributed by atoms with E-state index in [4.69, 9.17) is 9.97 Å². The number of hydrogen-bond donors (Lipinski definition) is 1. The number of anilines is 1. The standard InChI is InChI=1S/C18H23N3/c1-11-9-13(3)15(10-12(11)2)18-20-16-8-6-5-7-14(16)17(19-4)21-18/h9-10H,5-8H2,1-4H3,(H,19,20,21). The van der Waals surface area contributed by atoms with Crippen molar-refractivity contribution in [3.05, 3.63) is 40.1 Å². The van der Waals surface area contributed by atoms with E-state index in [0.29, 0.717) is 0 Å². The molecule has 110 valence electrons. The normalized spacial score (nSPS) is 13.9. The summed E-state index contributed by atoms with van der Waals surface area (Å²) in [5.74, 6) is 1.87. The fourth-order valence-corrected chi connectivity index (χ4v) is 3.12. The van der Waals surface area contributed by atoms with Crippen molar-refractivity contribution in [2.75, 3.05) is 12.4 Å². The van der Waals surface area contributed by atoms with Gasteiger partial charge >= 0.3 is 0 Å². The maximum atomic E-state index is 4.87. The van der Waals surface area contributed by atoms with Crippen LogP contribution in [0.15, 0.2) is 12.1 Å². The minimum absolute atomic E-state index is 0.862. The van der Waals surface area contributed by atoms with Crippen LogP contribution in [-0.4, -0.2) is 17.0 Å². The van der Waals surface area contributed by atoms with E-state index in [-0.39, 0.29) is 0 Å². The third-order valence-electron chi connectivity index (χ3n) is 4.50. The Bertz CT molecular complexity index is 672. The number of nitrogens with one attached hydrogen (secondary N) is 1. The molecule has 0 bridgehead atoms. The number of hydrogen-bond acceptors (Lipinski definition) is 3. The van der Waals surface area contributed by atoms with E-state index < -0.39 is 0 Å². The van der Waals surface area contributed by atoms with Gasteiger partial charge in [0, 0.05) is 23.9 Å². The Labute approximate surface area is 126 Å². The van der Waals surface area contributed by atoms with Crippen LogP contribution in [0.1, 0.15) is 40.8 Å². The average Bonchev–Trinajstić information content (AvgIpc) is 2.49. The Morgan fingerprint density at radius 3 is 2.38 bits per heavy atom. The molecule has 0 saturated carbocycles. The van der Waals surface area contributed by atoms with Crippen molar-refractivity contribution in [1.82, 2.24) is 9.97 Å². The summed E-state index contributed by atoms with van der Waals surface area (Å²) in [6.07, 6.45) is 4.65. The summed E-state index contributed by atoms with van der Waals surface area (Å²) in [6.45, 7) is 6.44. The molecule has 3 heteroatoms. The Hall–Kier alpha value is -1.90. The van der Waals surface area contributed by atoms with Crippen LogP contribution in [0.2, 0.25) is 0 Å². The van der Waals surface area contributed by atoms with Crippen LogP contribution in [0.5, 0.6) is 0 Å². The molecule has 1 aliphatic rings. The van der Waals surface area contributed by atoms with Gasteiger partial charge in [-0.2, -0.15) is 0 Å². The van der Waals surface area contributed by atoms with Gasteiger partial charge in [-0.05, 0) is 69.2 Å². The van der Waals surface area contributed by atoms with Gasteiger partial charge in [-0.25, -0.2) is 9.97 Å². The summed E-state index contributed by atoms with van der Waals surface area (Å²) in [4.78, 5) is 9.66. The van der Waals surface area contributed by atoms with E-state index in [9.17, 15) is 0 Å². The van der Waals surface area contributed by atoms with Crippen molar-refractivity contribution in [3.8, 4) is 11.4 Å². The fraction of sp³-hybridized carbons (Fsp3) is 0.444. The van der Waals surface area contributed by atoms with Crippen molar-refractivity contribution in [2.45, 2.75) is 46.5 Å². The molecule has 1 aliphatic carbocycles. The van der Waals surface area contributed by atoms with E-state index in [1.54, 1.807) is 0 Å². The lowest BCUT2D eigenvalue weighted by Gasteiger charge is -2.19. The summed E-state index contributed by atoms with van der Waals surface area (Å²) in [5, 5.41) is 3.26. The second kappa shape index (κ2) is 5.47. The highest BCUT2D eigenvalue weighted by Gasteiger charge is 2.18. The number of rotatable bonds is 2. The third-order valence-corrected chi connectivity index (χ3v) is 4.50. The van der Waals surface area contributed by atoms with Gasteiger partial charge in [0.2, 0.25) is 0 Å². The van der Waals surface area contributed by atoms with Gasteiger partial charge in [0.25, 0.3) is 0 Å². The highest BCUT2D eigenvalue weighted by Crippen LogP contribution is 2.30. The number of nitrogens with zero attached hydrogens (tertiary/aromatic N) is 2. The number of benzene rings is 1. The van der Waals surface area contributed by atoms with E-state index in [2.05, 4.69) is 38.2 Å². The van der Waals surface area contributed by atoms with E-state index >= 15 is 0 Å². The van der Waals surface area contributed by atoms with Crippen LogP contribution in [0.25, 0.3) is 11.4 Å². The van der Waals surface area contributed by atoms with Crippen LogP contribution < -0.4 is 5.32 Å². The maximum Gasteiger partial charge on any atom is 0.162 e. The molecule has 0 radical (unpaired) electrons. The third kappa shape index (κ3) is 2.53. The smallest absolute Gasteiger partial charge is 0.162 e. The minimum atomic E-state index is 0.862. The summed E-state index contributed by atoms with van der Waals surface area (Å²) >= 11 is 0. The lowest BCUT2D eigenvalue weighted by molar-refractivity contribution is 0.665.